The molecule has 1 N–H and O–H groups in total. The number of rotatable bonds is 8. The molecule has 0 aliphatic heterocycles. The number of anilines is 1. The summed E-state index contributed by atoms with van der Waals surface area (Å²) in [6.07, 6.45) is 0.756. The molecule has 162 valence electrons. The van der Waals surface area contributed by atoms with Gasteiger partial charge in [-0.1, -0.05) is 57.1 Å². The molecule has 0 unspecified atom stereocenters. The summed E-state index contributed by atoms with van der Waals surface area (Å²) in [6.45, 7) is 6.95. The van der Waals surface area contributed by atoms with Crippen LogP contribution in [-0.4, -0.2) is 14.6 Å². The zero-order valence-electron chi connectivity index (χ0n) is 17.4. The molecule has 0 saturated carbocycles. The van der Waals surface area contributed by atoms with Gasteiger partial charge >= 0.3 is 0 Å². The summed E-state index contributed by atoms with van der Waals surface area (Å²) < 4.78 is 72.3. The van der Waals surface area contributed by atoms with Crippen LogP contribution in [0.1, 0.15) is 27.2 Å². The van der Waals surface area contributed by atoms with E-state index in [9.17, 15) is 22.0 Å². The van der Waals surface area contributed by atoms with Crippen molar-refractivity contribution in [1.29, 1.82) is 0 Å². The number of hydrogen-bond donors (Lipinski definition) is 1. The van der Waals surface area contributed by atoms with Crippen molar-refractivity contribution in [3.8, 4) is 0 Å². The summed E-state index contributed by atoms with van der Waals surface area (Å²) in [4.78, 5) is 0. The largest absolute Gasteiger partial charge is 0.382 e. The molecule has 0 spiro atoms. The van der Waals surface area contributed by atoms with Gasteiger partial charge in [-0.05, 0) is 23.9 Å². The highest BCUT2D eigenvalue weighted by atomic mass is 28.3. The Bertz CT molecular complexity index is 1070. The lowest BCUT2D eigenvalue weighted by Gasteiger charge is -2.28. The summed E-state index contributed by atoms with van der Waals surface area (Å²) in [6, 6.07) is 9.69. The second-order valence-corrected chi connectivity index (χ2v) is 13.5. The predicted octanol–water partition coefficient (Wildman–Crippen LogP) is 8.00. The van der Waals surface area contributed by atoms with E-state index < -0.39 is 47.9 Å². The third-order valence-electron chi connectivity index (χ3n) is 6.58. The van der Waals surface area contributed by atoms with Crippen LogP contribution >= 0.6 is 0 Å². The van der Waals surface area contributed by atoms with E-state index in [1.165, 1.54) is 18.2 Å². The minimum absolute atomic E-state index is 0.132. The standard InChI is InChI=1S/C23H26F5NSi/c1-4-30(5-2,6-3)12-8-11-29-23-15-13-14-9-7-10-16(24)17(14)19(25)18(15)20(26)21(27)22(23)28/h7,9-10,13,29H,4-6,8,11-12H2,1-3H3. The molecule has 3 aromatic carbocycles. The molecule has 0 aliphatic rings. The van der Waals surface area contributed by atoms with Crippen LogP contribution in [0.4, 0.5) is 27.6 Å². The molecule has 7 heteroatoms. The lowest BCUT2D eigenvalue weighted by atomic mass is 10.00. The quantitative estimate of drug-likeness (QED) is 0.123. The maximum absolute atomic E-state index is 15.0. The Balaban J connectivity index is 2.03. The third kappa shape index (κ3) is 3.79. The maximum atomic E-state index is 15.0. The van der Waals surface area contributed by atoms with Crippen molar-refractivity contribution >= 4 is 35.3 Å². The van der Waals surface area contributed by atoms with E-state index in [1.807, 2.05) is 0 Å². The van der Waals surface area contributed by atoms with Crippen molar-refractivity contribution in [1.82, 2.24) is 0 Å². The SMILES string of the molecule is CC[Si](CC)(CC)CCCNc1c(F)c(F)c(F)c2c(F)c3c(F)cccc3cc12. The number of hydrogen-bond acceptors (Lipinski definition) is 1. The van der Waals surface area contributed by atoms with Gasteiger partial charge in [-0.2, -0.15) is 0 Å². The Labute approximate surface area is 174 Å². The van der Waals surface area contributed by atoms with Crippen LogP contribution in [0, 0.1) is 29.1 Å². The van der Waals surface area contributed by atoms with Crippen LogP contribution in [0.5, 0.6) is 0 Å². The van der Waals surface area contributed by atoms with Gasteiger partial charge in [0.15, 0.2) is 17.5 Å². The Kier molecular flexibility index (Phi) is 6.70. The molecule has 0 heterocycles. The lowest BCUT2D eigenvalue weighted by molar-refractivity contribution is 0.453. The lowest BCUT2D eigenvalue weighted by Crippen LogP contribution is -2.31. The Hall–Kier alpha value is -2.15. The Morgan fingerprint density at radius 3 is 2.10 bits per heavy atom. The number of halogens is 5. The second kappa shape index (κ2) is 8.92. The molecule has 0 atom stereocenters. The van der Waals surface area contributed by atoms with Gasteiger partial charge in [-0.3, -0.25) is 0 Å². The second-order valence-electron chi connectivity index (χ2n) is 7.86. The minimum atomic E-state index is -1.76. The van der Waals surface area contributed by atoms with Gasteiger partial charge in [0.05, 0.1) is 24.5 Å². The van der Waals surface area contributed by atoms with Gasteiger partial charge in [0, 0.05) is 11.9 Å². The molecule has 30 heavy (non-hydrogen) atoms. The Morgan fingerprint density at radius 2 is 1.47 bits per heavy atom. The molecular formula is C23H26F5NSi. The van der Waals surface area contributed by atoms with E-state index in [0.29, 0.717) is 6.54 Å². The Morgan fingerprint density at radius 1 is 0.800 bits per heavy atom. The van der Waals surface area contributed by atoms with Crippen molar-refractivity contribution in [2.45, 2.75) is 51.4 Å². The van der Waals surface area contributed by atoms with Crippen LogP contribution in [0.3, 0.4) is 0 Å². The molecule has 0 fully saturated rings. The monoisotopic (exact) mass is 439 g/mol. The molecular weight excluding hydrogens is 413 g/mol. The number of nitrogens with one attached hydrogen (secondary N) is 1. The van der Waals surface area contributed by atoms with Crippen LogP contribution in [0.25, 0.3) is 21.5 Å². The zero-order chi connectivity index (χ0) is 22.1. The van der Waals surface area contributed by atoms with Crippen molar-refractivity contribution in [2.24, 2.45) is 0 Å². The average Bonchev–Trinajstić information content (AvgIpc) is 2.74. The third-order valence-corrected chi connectivity index (χ3v) is 12.5. The van der Waals surface area contributed by atoms with Gasteiger partial charge in [-0.25, -0.2) is 22.0 Å². The molecule has 0 saturated heterocycles. The van der Waals surface area contributed by atoms with E-state index >= 15 is 0 Å². The molecule has 0 amide bonds. The fourth-order valence-electron chi connectivity index (χ4n) is 4.34. The highest BCUT2D eigenvalue weighted by Gasteiger charge is 2.27. The van der Waals surface area contributed by atoms with E-state index in [-0.39, 0.29) is 16.5 Å². The normalized spacial score (nSPS) is 12.1. The van der Waals surface area contributed by atoms with Gasteiger partial charge in [-0.15, -0.1) is 0 Å². The zero-order valence-corrected chi connectivity index (χ0v) is 18.4. The molecule has 0 radical (unpaired) electrons. The molecule has 3 aromatic rings. The minimum Gasteiger partial charge on any atom is -0.382 e. The van der Waals surface area contributed by atoms with Crippen molar-refractivity contribution in [2.75, 3.05) is 11.9 Å². The van der Waals surface area contributed by atoms with E-state index in [1.54, 1.807) is 0 Å². The van der Waals surface area contributed by atoms with Crippen molar-refractivity contribution in [3.05, 3.63) is 53.4 Å². The van der Waals surface area contributed by atoms with Gasteiger partial charge in [0.25, 0.3) is 0 Å². The first-order valence-electron chi connectivity index (χ1n) is 10.4. The molecule has 0 aromatic heterocycles. The first kappa shape index (κ1) is 22.5. The van der Waals surface area contributed by atoms with E-state index in [0.717, 1.165) is 36.7 Å². The van der Waals surface area contributed by atoms with Crippen LogP contribution < -0.4 is 5.32 Å². The topological polar surface area (TPSA) is 12.0 Å². The smallest absolute Gasteiger partial charge is 0.197 e. The fourth-order valence-corrected chi connectivity index (χ4v) is 7.83. The number of fused-ring (bicyclic) bond motifs is 2. The van der Waals surface area contributed by atoms with Crippen molar-refractivity contribution in [3.63, 3.8) is 0 Å². The van der Waals surface area contributed by atoms with E-state index in [2.05, 4.69) is 26.1 Å². The fraction of sp³-hybridized carbons (Fsp3) is 0.391. The summed E-state index contributed by atoms with van der Waals surface area (Å²) in [5.41, 5.74) is -0.286. The van der Waals surface area contributed by atoms with Crippen LogP contribution in [0.15, 0.2) is 24.3 Å². The predicted molar refractivity (Wildman–Crippen MR) is 116 cm³/mol. The average molecular weight is 440 g/mol. The van der Waals surface area contributed by atoms with Gasteiger partial charge in [0.2, 0.25) is 0 Å². The molecule has 3 rings (SSSR count). The summed E-state index contributed by atoms with van der Waals surface area (Å²) in [5, 5.41) is 1.70. The van der Waals surface area contributed by atoms with Gasteiger partial charge in [0.1, 0.15) is 11.6 Å². The summed E-state index contributed by atoms with van der Waals surface area (Å²) >= 11 is 0. The molecule has 0 bridgehead atoms. The van der Waals surface area contributed by atoms with Crippen LogP contribution in [0.2, 0.25) is 24.2 Å². The highest BCUT2D eigenvalue weighted by Crippen LogP contribution is 2.38. The summed E-state index contributed by atoms with van der Waals surface area (Å²) in [5.74, 6) is -6.91. The van der Waals surface area contributed by atoms with Crippen molar-refractivity contribution < 1.29 is 22.0 Å². The van der Waals surface area contributed by atoms with E-state index in [4.69, 9.17) is 0 Å². The number of benzene rings is 3. The highest BCUT2D eigenvalue weighted by molar-refractivity contribution is 6.79. The summed E-state index contributed by atoms with van der Waals surface area (Å²) in [7, 11) is -1.36. The molecule has 0 aliphatic carbocycles. The van der Waals surface area contributed by atoms with Crippen LogP contribution in [-0.2, 0) is 0 Å². The van der Waals surface area contributed by atoms with Gasteiger partial charge < -0.3 is 5.32 Å². The molecule has 1 nitrogen and oxygen atoms in total. The first-order valence-corrected chi connectivity index (χ1v) is 13.2. The maximum Gasteiger partial charge on any atom is 0.197 e. The first-order chi connectivity index (χ1) is 14.3.